The molecule has 0 heterocycles. The predicted octanol–water partition coefficient (Wildman–Crippen LogP) is 6.40. The minimum Gasteiger partial charge on any atom is -0.497 e. The summed E-state index contributed by atoms with van der Waals surface area (Å²) in [5, 5.41) is 3.97. The van der Waals surface area contributed by atoms with E-state index in [9.17, 15) is 9.59 Å². The van der Waals surface area contributed by atoms with Gasteiger partial charge in [-0.1, -0.05) is 71.7 Å². The van der Waals surface area contributed by atoms with Gasteiger partial charge in [-0.3, -0.25) is 9.59 Å². The van der Waals surface area contributed by atoms with Gasteiger partial charge in [0.05, 0.1) is 12.9 Å². The summed E-state index contributed by atoms with van der Waals surface area (Å²) in [6.45, 7) is 4.01. The summed E-state index contributed by atoms with van der Waals surface area (Å²) < 4.78 is 5.22. The fourth-order valence-electron chi connectivity index (χ4n) is 3.83. The van der Waals surface area contributed by atoms with Gasteiger partial charge in [-0.25, -0.2) is 0 Å². The van der Waals surface area contributed by atoms with E-state index in [0.29, 0.717) is 22.2 Å². The van der Waals surface area contributed by atoms with E-state index < -0.39 is 6.04 Å². The third-order valence-corrected chi connectivity index (χ3v) is 7.29. The number of rotatable bonds is 12. The molecule has 5 nitrogen and oxygen atoms in total. The van der Waals surface area contributed by atoms with E-state index >= 15 is 0 Å². The second-order valence-corrected chi connectivity index (χ2v) is 10.8. The minimum absolute atomic E-state index is 0.0636. The molecule has 196 valence electrons. The molecule has 0 spiro atoms. The Morgan fingerprint density at radius 2 is 1.68 bits per heavy atom. The molecule has 37 heavy (non-hydrogen) atoms. The number of hydrogen-bond acceptors (Lipinski definition) is 4. The van der Waals surface area contributed by atoms with Crippen LogP contribution in [0.4, 0.5) is 0 Å². The molecule has 3 aromatic rings. The molecule has 1 atom stereocenters. The Hall–Kier alpha value is -2.67. The monoisotopic (exact) mass is 558 g/mol. The number of thioether (sulfide) groups is 1. The first-order valence-corrected chi connectivity index (χ1v) is 14.0. The van der Waals surface area contributed by atoms with Gasteiger partial charge in [0.2, 0.25) is 11.8 Å². The van der Waals surface area contributed by atoms with Crippen LogP contribution >= 0.6 is 35.0 Å². The van der Waals surface area contributed by atoms with Gasteiger partial charge in [-0.2, -0.15) is 0 Å². The quantitative estimate of drug-likeness (QED) is 0.279. The normalized spacial score (nSPS) is 11.7. The Morgan fingerprint density at radius 1 is 0.973 bits per heavy atom. The molecule has 2 amide bonds. The number of nitrogens with zero attached hydrogens (tertiary/aromatic N) is 1. The van der Waals surface area contributed by atoms with Crippen molar-refractivity contribution in [3.05, 3.63) is 99.5 Å². The van der Waals surface area contributed by atoms with Crippen LogP contribution in [0.15, 0.2) is 72.8 Å². The van der Waals surface area contributed by atoms with Crippen LogP contribution in [0.25, 0.3) is 0 Å². The highest BCUT2D eigenvalue weighted by atomic mass is 35.5. The summed E-state index contributed by atoms with van der Waals surface area (Å²) >= 11 is 14.1. The van der Waals surface area contributed by atoms with Crippen molar-refractivity contribution in [1.29, 1.82) is 0 Å². The molecule has 0 aliphatic rings. The van der Waals surface area contributed by atoms with Gasteiger partial charge in [-0.05, 0) is 54.8 Å². The van der Waals surface area contributed by atoms with Gasteiger partial charge in [0, 0.05) is 34.8 Å². The maximum absolute atomic E-state index is 13.7. The Kier molecular flexibility index (Phi) is 11.2. The van der Waals surface area contributed by atoms with Crippen molar-refractivity contribution in [2.45, 2.75) is 44.6 Å². The molecule has 8 heteroatoms. The smallest absolute Gasteiger partial charge is 0.243 e. The Morgan fingerprint density at radius 3 is 2.30 bits per heavy atom. The van der Waals surface area contributed by atoms with Gasteiger partial charge < -0.3 is 15.0 Å². The molecule has 0 fully saturated rings. The van der Waals surface area contributed by atoms with Crippen LogP contribution in [0.2, 0.25) is 10.0 Å². The summed E-state index contributed by atoms with van der Waals surface area (Å²) in [5.41, 5.74) is 2.79. The maximum Gasteiger partial charge on any atom is 0.243 e. The van der Waals surface area contributed by atoms with Crippen LogP contribution < -0.4 is 10.1 Å². The maximum atomic E-state index is 13.7. The number of carbonyl (C=O) groups excluding carboxylic acids is 2. The van der Waals surface area contributed by atoms with Crippen molar-refractivity contribution in [2.24, 2.45) is 0 Å². The first-order chi connectivity index (χ1) is 17.8. The van der Waals surface area contributed by atoms with Gasteiger partial charge in [0.25, 0.3) is 0 Å². The molecular weight excluding hydrogens is 527 g/mol. The van der Waals surface area contributed by atoms with E-state index in [2.05, 4.69) is 5.32 Å². The van der Waals surface area contributed by atoms with Gasteiger partial charge in [0.15, 0.2) is 0 Å². The number of nitrogens with one attached hydrogen (secondary N) is 1. The molecule has 1 N–H and O–H groups in total. The van der Waals surface area contributed by atoms with E-state index in [1.54, 1.807) is 30.2 Å². The lowest BCUT2D eigenvalue weighted by Crippen LogP contribution is -2.52. The molecule has 0 bridgehead atoms. The fraction of sp³-hybridized carbons (Fsp3) is 0.310. The predicted molar refractivity (Wildman–Crippen MR) is 153 cm³/mol. The highest BCUT2D eigenvalue weighted by molar-refractivity contribution is 7.99. The van der Waals surface area contributed by atoms with Crippen molar-refractivity contribution in [1.82, 2.24) is 10.2 Å². The number of methoxy groups -OCH3 is 1. The molecule has 3 aromatic carbocycles. The topological polar surface area (TPSA) is 58.6 Å². The molecule has 0 aliphatic heterocycles. The van der Waals surface area contributed by atoms with Crippen molar-refractivity contribution in [2.75, 3.05) is 12.9 Å². The van der Waals surface area contributed by atoms with Crippen LogP contribution in [-0.2, 0) is 28.3 Å². The third kappa shape index (κ3) is 8.99. The number of hydrogen-bond donors (Lipinski definition) is 1. The SMILES string of the molecule is COc1ccc(CSCC(=O)N(Cc2ccc(Cl)cc2Cl)[C@@H](Cc2ccccc2)C(=O)NC(C)C)cc1. The van der Waals surface area contributed by atoms with Crippen LogP contribution in [0.5, 0.6) is 5.75 Å². The van der Waals surface area contributed by atoms with E-state index in [-0.39, 0.29) is 30.2 Å². The van der Waals surface area contributed by atoms with E-state index in [4.69, 9.17) is 27.9 Å². The van der Waals surface area contributed by atoms with Crippen molar-refractivity contribution in [3.63, 3.8) is 0 Å². The first kappa shape index (κ1) is 28.9. The lowest BCUT2D eigenvalue weighted by atomic mass is 10.0. The number of halogens is 2. The van der Waals surface area contributed by atoms with Crippen molar-refractivity contribution < 1.29 is 14.3 Å². The Labute approximate surface area is 233 Å². The average molecular weight is 560 g/mol. The summed E-state index contributed by atoms with van der Waals surface area (Å²) in [6, 6.07) is 21.9. The van der Waals surface area contributed by atoms with Crippen LogP contribution in [-0.4, -0.2) is 41.7 Å². The zero-order chi connectivity index (χ0) is 26.8. The number of ether oxygens (including phenoxy) is 1. The van der Waals surface area contributed by atoms with Crippen molar-refractivity contribution in [3.8, 4) is 5.75 Å². The molecule has 0 saturated heterocycles. The lowest BCUT2D eigenvalue weighted by Gasteiger charge is -2.32. The Balaban J connectivity index is 1.85. The zero-order valence-corrected chi connectivity index (χ0v) is 23.6. The second-order valence-electron chi connectivity index (χ2n) is 8.97. The molecule has 3 rings (SSSR count). The number of carbonyl (C=O) groups is 2. The molecule has 0 radical (unpaired) electrons. The number of amides is 2. The first-order valence-electron chi connectivity index (χ1n) is 12.0. The fourth-order valence-corrected chi connectivity index (χ4v) is 5.17. The van der Waals surface area contributed by atoms with Gasteiger partial charge in [0.1, 0.15) is 11.8 Å². The van der Waals surface area contributed by atoms with Crippen LogP contribution in [0.3, 0.4) is 0 Å². The molecule has 0 unspecified atom stereocenters. The summed E-state index contributed by atoms with van der Waals surface area (Å²) in [5.74, 6) is 1.34. The lowest BCUT2D eigenvalue weighted by molar-refractivity contribution is -0.139. The van der Waals surface area contributed by atoms with E-state index in [0.717, 1.165) is 22.4 Å². The summed E-state index contributed by atoms with van der Waals surface area (Å²) in [4.78, 5) is 28.7. The highest BCUT2D eigenvalue weighted by Crippen LogP contribution is 2.25. The molecule has 0 saturated carbocycles. The van der Waals surface area contributed by atoms with Crippen LogP contribution in [0.1, 0.15) is 30.5 Å². The zero-order valence-electron chi connectivity index (χ0n) is 21.2. The largest absolute Gasteiger partial charge is 0.497 e. The van der Waals surface area contributed by atoms with Crippen molar-refractivity contribution >= 4 is 46.8 Å². The standard InChI is InChI=1S/C29H32Cl2N2O3S/c1-20(2)32-29(35)27(15-21-7-5-4-6-8-21)33(17-23-11-12-24(30)16-26(23)31)28(34)19-37-18-22-9-13-25(36-3)14-10-22/h4-14,16,20,27H,15,17-19H2,1-3H3,(H,32,35)/t27-/m0/s1. The van der Waals surface area contributed by atoms with E-state index in [1.807, 2.05) is 68.4 Å². The molecule has 0 aliphatic carbocycles. The molecule has 0 aromatic heterocycles. The summed E-state index contributed by atoms with van der Waals surface area (Å²) in [6.07, 6.45) is 0.388. The second kappa shape index (κ2) is 14.3. The van der Waals surface area contributed by atoms with Gasteiger partial charge in [-0.15, -0.1) is 11.8 Å². The van der Waals surface area contributed by atoms with E-state index in [1.165, 1.54) is 11.8 Å². The molecular formula is C29H32Cl2N2O3S. The number of benzene rings is 3. The summed E-state index contributed by atoms with van der Waals surface area (Å²) in [7, 11) is 1.63. The highest BCUT2D eigenvalue weighted by Gasteiger charge is 2.31. The van der Waals surface area contributed by atoms with Gasteiger partial charge >= 0.3 is 0 Å². The average Bonchev–Trinajstić information content (AvgIpc) is 2.87. The van der Waals surface area contributed by atoms with Crippen LogP contribution in [0, 0.1) is 0 Å². The third-order valence-electron chi connectivity index (χ3n) is 5.71. The minimum atomic E-state index is -0.703. The Bertz CT molecular complexity index is 1170.